The van der Waals surface area contributed by atoms with Gasteiger partial charge in [-0.15, -0.1) is 0 Å². The van der Waals surface area contributed by atoms with E-state index < -0.39 is 24.3 Å². The molecule has 3 rings (SSSR count). The van der Waals surface area contributed by atoms with Crippen molar-refractivity contribution in [1.82, 2.24) is 16.1 Å². The third-order valence-electron chi connectivity index (χ3n) is 5.33. The number of carbonyl (C=O) groups is 2. The molecule has 0 saturated heterocycles. The topological polar surface area (TPSA) is 140 Å². The van der Waals surface area contributed by atoms with Crippen molar-refractivity contribution in [3.8, 4) is 17.2 Å². The Bertz CT molecular complexity index is 1230. The zero-order valence-electron chi connectivity index (χ0n) is 21.1. The van der Waals surface area contributed by atoms with E-state index in [9.17, 15) is 14.7 Å². The monoisotopic (exact) mass is 750 g/mol. The van der Waals surface area contributed by atoms with Gasteiger partial charge in [0, 0.05) is 5.70 Å². The van der Waals surface area contributed by atoms with Gasteiger partial charge < -0.3 is 34.7 Å². The number of allylic oxidation sites excluding steroid dienone is 1. The summed E-state index contributed by atoms with van der Waals surface area (Å²) in [6.45, 7) is 3.68. The van der Waals surface area contributed by atoms with Crippen LogP contribution in [0.2, 0.25) is 0 Å². The smallest absolute Gasteiger partial charge is 0.337 e. The van der Waals surface area contributed by atoms with Crippen molar-refractivity contribution in [2.45, 2.75) is 26.1 Å². The third kappa shape index (κ3) is 7.41. The van der Waals surface area contributed by atoms with Crippen molar-refractivity contribution < 1.29 is 33.6 Å². The van der Waals surface area contributed by atoms with Crippen LogP contribution in [0.1, 0.15) is 31.0 Å². The lowest BCUT2D eigenvalue weighted by molar-refractivity contribution is -0.136. The van der Waals surface area contributed by atoms with Crippen LogP contribution in [-0.4, -0.2) is 57.0 Å². The summed E-state index contributed by atoms with van der Waals surface area (Å²) in [6.07, 6.45) is 0.492. The van der Waals surface area contributed by atoms with Crippen LogP contribution < -0.4 is 30.3 Å². The SMILES string of the molecule is CCOc1cc([C@H]2NC(=O)NC(C)=C2C(=O)OC)ccc1OC[C@H](O)N/N=C\c1cc(I)c(OC)c(I)c1. The quantitative estimate of drug-likeness (QED) is 0.0902. The molecule has 0 unspecified atom stereocenters. The van der Waals surface area contributed by atoms with E-state index in [-0.39, 0.29) is 12.2 Å². The lowest BCUT2D eigenvalue weighted by Crippen LogP contribution is -2.45. The van der Waals surface area contributed by atoms with E-state index in [1.54, 1.807) is 38.4 Å². The molecule has 0 spiro atoms. The van der Waals surface area contributed by atoms with Gasteiger partial charge in [0.15, 0.2) is 17.7 Å². The maximum atomic E-state index is 12.4. The van der Waals surface area contributed by atoms with E-state index in [2.05, 4.69) is 66.3 Å². The highest BCUT2D eigenvalue weighted by Crippen LogP contribution is 2.35. The average Bonchev–Trinajstić information content (AvgIpc) is 2.87. The molecule has 0 radical (unpaired) electrons. The zero-order chi connectivity index (χ0) is 27.8. The predicted molar refractivity (Wildman–Crippen MR) is 157 cm³/mol. The molecule has 0 saturated carbocycles. The van der Waals surface area contributed by atoms with Gasteiger partial charge in [0.25, 0.3) is 0 Å². The normalized spacial score (nSPS) is 16.0. The first-order valence-electron chi connectivity index (χ1n) is 11.4. The highest BCUT2D eigenvalue weighted by molar-refractivity contribution is 14.1. The summed E-state index contributed by atoms with van der Waals surface area (Å²) in [5.74, 6) is 1.00. The van der Waals surface area contributed by atoms with Crippen LogP contribution in [0.5, 0.6) is 17.2 Å². The Kier molecular flexibility index (Phi) is 10.8. The summed E-state index contributed by atoms with van der Waals surface area (Å²) < 4.78 is 23.7. The number of rotatable bonds is 11. The number of aliphatic hydroxyl groups is 1. The number of hydrogen-bond acceptors (Lipinski definition) is 9. The fraction of sp³-hybridized carbons (Fsp3) is 0.320. The molecule has 11 nitrogen and oxygen atoms in total. The van der Waals surface area contributed by atoms with Crippen LogP contribution in [-0.2, 0) is 9.53 Å². The molecule has 0 aliphatic carbocycles. The lowest BCUT2D eigenvalue weighted by Gasteiger charge is -2.28. The standard InChI is InChI=1S/C25H28I2N4O7/c1-5-37-19-10-15(22-21(24(33)36-4)13(2)29-25(34)30-22)6-7-18(19)38-12-20(32)31-28-11-14-8-16(26)23(35-3)17(27)9-14/h6-11,20,22,31-32H,5,12H2,1-4H3,(H2,29,30,34)/b28-11-/t20-,22+/m0/s1. The van der Waals surface area contributed by atoms with Gasteiger partial charge in [-0.2, -0.15) is 5.10 Å². The number of carbonyl (C=O) groups excluding carboxylic acids is 2. The predicted octanol–water partition coefficient (Wildman–Crippen LogP) is 3.42. The largest absolute Gasteiger partial charge is 0.495 e. The summed E-state index contributed by atoms with van der Waals surface area (Å²) in [5.41, 5.74) is 4.75. The number of methoxy groups -OCH3 is 2. The maximum Gasteiger partial charge on any atom is 0.337 e. The molecule has 2 aromatic rings. The zero-order valence-corrected chi connectivity index (χ0v) is 25.4. The molecule has 1 aliphatic rings. The summed E-state index contributed by atoms with van der Waals surface area (Å²) in [7, 11) is 2.90. The van der Waals surface area contributed by atoms with Crippen LogP contribution >= 0.6 is 45.2 Å². The maximum absolute atomic E-state index is 12.4. The van der Waals surface area contributed by atoms with Gasteiger partial charge in [0.2, 0.25) is 0 Å². The second-order valence-corrected chi connectivity index (χ2v) is 10.3. The van der Waals surface area contributed by atoms with E-state index in [1.807, 2.05) is 19.1 Å². The summed E-state index contributed by atoms with van der Waals surface area (Å²) in [5, 5.41) is 19.7. The number of hydrazone groups is 1. The van der Waals surface area contributed by atoms with Gasteiger partial charge in [-0.25, -0.2) is 9.59 Å². The fourth-order valence-corrected chi connectivity index (χ4v) is 5.93. The summed E-state index contributed by atoms with van der Waals surface area (Å²) >= 11 is 4.38. The number of hydrogen-bond donors (Lipinski definition) is 4. The Labute approximate surface area is 247 Å². The molecule has 0 aromatic heterocycles. The van der Waals surface area contributed by atoms with Gasteiger partial charge in [-0.1, -0.05) is 6.07 Å². The van der Waals surface area contributed by atoms with E-state index in [0.29, 0.717) is 29.4 Å². The molecule has 1 aliphatic heterocycles. The average molecular weight is 750 g/mol. The Hall–Kier alpha value is -2.79. The molecule has 2 amide bonds. The first kappa shape index (κ1) is 29.8. The van der Waals surface area contributed by atoms with Gasteiger partial charge in [-0.05, 0) is 94.4 Å². The number of halogens is 2. The molecule has 0 fully saturated rings. The number of urea groups is 1. The van der Waals surface area contributed by atoms with Crippen molar-refractivity contribution in [3.63, 3.8) is 0 Å². The Morgan fingerprint density at radius 2 is 1.89 bits per heavy atom. The highest BCUT2D eigenvalue weighted by atomic mass is 127. The number of nitrogens with zero attached hydrogens (tertiary/aromatic N) is 1. The van der Waals surface area contributed by atoms with Crippen LogP contribution in [0.15, 0.2) is 46.7 Å². The molecule has 13 heteroatoms. The van der Waals surface area contributed by atoms with Crippen molar-refractivity contribution in [3.05, 3.63) is 59.9 Å². The van der Waals surface area contributed by atoms with Crippen LogP contribution in [0.3, 0.4) is 0 Å². The first-order chi connectivity index (χ1) is 18.2. The Morgan fingerprint density at radius 3 is 2.53 bits per heavy atom. The number of amides is 2. The van der Waals surface area contributed by atoms with Crippen LogP contribution in [0, 0.1) is 7.14 Å². The van der Waals surface area contributed by atoms with Crippen molar-refractivity contribution in [2.24, 2.45) is 5.10 Å². The number of esters is 1. The fourth-order valence-electron chi connectivity index (χ4n) is 3.67. The Morgan fingerprint density at radius 1 is 1.18 bits per heavy atom. The van der Waals surface area contributed by atoms with Crippen molar-refractivity contribution >= 4 is 63.4 Å². The van der Waals surface area contributed by atoms with E-state index in [4.69, 9.17) is 18.9 Å². The van der Waals surface area contributed by atoms with Gasteiger partial charge in [-0.3, -0.25) is 5.43 Å². The lowest BCUT2D eigenvalue weighted by atomic mass is 9.95. The van der Waals surface area contributed by atoms with Crippen molar-refractivity contribution in [2.75, 3.05) is 27.4 Å². The number of aliphatic hydroxyl groups excluding tert-OH is 1. The molecule has 204 valence electrons. The molecule has 1 heterocycles. The minimum Gasteiger partial charge on any atom is -0.495 e. The molecular weight excluding hydrogens is 722 g/mol. The molecule has 38 heavy (non-hydrogen) atoms. The number of ether oxygens (including phenoxy) is 4. The summed E-state index contributed by atoms with van der Waals surface area (Å²) in [4.78, 5) is 24.5. The highest BCUT2D eigenvalue weighted by Gasteiger charge is 2.32. The third-order valence-corrected chi connectivity index (χ3v) is 6.94. The van der Waals surface area contributed by atoms with Gasteiger partial charge in [0.05, 0.1) is 45.8 Å². The summed E-state index contributed by atoms with van der Waals surface area (Å²) in [6, 6.07) is 7.68. The van der Waals surface area contributed by atoms with E-state index >= 15 is 0 Å². The minimum absolute atomic E-state index is 0.120. The van der Waals surface area contributed by atoms with E-state index in [1.165, 1.54) is 7.11 Å². The van der Waals surface area contributed by atoms with Gasteiger partial charge in [0.1, 0.15) is 12.4 Å². The minimum atomic E-state index is -1.10. The second kappa shape index (κ2) is 13.8. The number of nitrogens with one attached hydrogen (secondary N) is 3. The Balaban J connectivity index is 1.70. The molecule has 2 aromatic carbocycles. The van der Waals surface area contributed by atoms with Crippen LogP contribution in [0.25, 0.3) is 0 Å². The first-order valence-corrected chi connectivity index (χ1v) is 13.6. The number of benzene rings is 2. The molecule has 4 N–H and O–H groups in total. The van der Waals surface area contributed by atoms with Crippen LogP contribution in [0.4, 0.5) is 4.79 Å². The van der Waals surface area contributed by atoms with E-state index in [0.717, 1.165) is 18.5 Å². The van der Waals surface area contributed by atoms with Crippen molar-refractivity contribution in [1.29, 1.82) is 0 Å². The second-order valence-electron chi connectivity index (χ2n) is 7.93. The molecule has 0 bridgehead atoms. The molecular formula is C25H28I2N4O7. The molecule has 2 atom stereocenters. The van der Waals surface area contributed by atoms with Gasteiger partial charge >= 0.3 is 12.0 Å².